The summed E-state index contributed by atoms with van der Waals surface area (Å²) >= 11 is 0. The Morgan fingerprint density at radius 2 is 1.70 bits per heavy atom. The number of guanidine groups is 1. The number of aliphatic imine (C=N–C) groups is 1. The summed E-state index contributed by atoms with van der Waals surface area (Å²) in [7, 11) is 1.67. The molecule has 0 fully saturated rings. The van der Waals surface area contributed by atoms with Gasteiger partial charge in [0.2, 0.25) is 0 Å². The number of methoxy groups -OCH3 is 1. The SMILES string of the molecule is COc1ccc(CCNC(N)=NCCCc2ccccc2)cc1. The van der Waals surface area contributed by atoms with Crippen LogP contribution in [-0.2, 0) is 12.8 Å². The van der Waals surface area contributed by atoms with Crippen LogP contribution in [0.15, 0.2) is 59.6 Å². The maximum atomic E-state index is 5.88. The van der Waals surface area contributed by atoms with Gasteiger partial charge in [-0.15, -0.1) is 0 Å². The number of hydrogen-bond acceptors (Lipinski definition) is 2. The number of hydrogen-bond donors (Lipinski definition) is 2. The van der Waals surface area contributed by atoms with E-state index in [9.17, 15) is 0 Å². The molecule has 2 aromatic carbocycles. The first-order chi connectivity index (χ1) is 11.3. The van der Waals surface area contributed by atoms with Crippen molar-refractivity contribution in [1.82, 2.24) is 5.32 Å². The summed E-state index contributed by atoms with van der Waals surface area (Å²) in [4.78, 5) is 4.36. The van der Waals surface area contributed by atoms with Gasteiger partial charge in [-0.1, -0.05) is 42.5 Å². The van der Waals surface area contributed by atoms with Gasteiger partial charge in [0.15, 0.2) is 5.96 Å². The van der Waals surface area contributed by atoms with E-state index in [0.717, 1.165) is 38.1 Å². The molecule has 0 heterocycles. The van der Waals surface area contributed by atoms with Crippen molar-refractivity contribution in [1.29, 1.82) is 0 Å². The average molecular weight is 311 g/mol. The highest BCUT2D eigenvalue weighted by Crippen LogP contribution is 2.11. The first kappa shape index (κ1) is 16.9. The second-order valence-electron chi connectivity index (χ2n) is 5.38. The highest BCUT2D eigenvalue weighted by Gasteiger charge is 1.96. The van der Waals surface area contributed by atoms with Crippen molar-refractivity contribution in [3.63, 3.8) is 0 Å². The number of rotatable bonds is 8. The molecule has 0 saturated carbocycles. The smallest absolute Gasteiger partial charge is 0.188 e. The molecule has 4 heteroatoms. The van der Waals surface area contributed by atoms with Gasteiger partial charge >= 0.3 is 0 Å². The zero-order valence-corrected chi connectivity index (χ0v) is 13.7. The van der Waals surface area contributed by atoms with Gasteiger partial charge in [-0.05, 0) is 42.5 Å². The third kappa shape index (κ3) is 6.43. The highest BCUT2D eigenvalue weighted by atomic mass is 16.5. The van der Waals surface area contributed by atoms with Crippen LogP contribution < -0.4 is 15.8 Å². The number of nitrogens with zero attached hydrogens (tertiary/aromatic N) is 1. The second-order valence-corrected chi connectivity index (χ2v) is 5.38. The quantitative estimate of drug-likeness (QED) is 0.448. The van der Waals surface area contributed by atoms with Gasteiger partial charge in [0.05, 0.1) is 7.11 Å². The van der Waals surface area contributed by atoms with Gasteiger partial charge < -0.3 is 15.8 Å². The van der Waals surface area contributed by atoms with Crippen LogP contribution in [0.25, 0.3) is 0 Å². The molecule has 0 aliphatic rings. The largest absolute Gasteiger partial charge is 0.497 e. The normalized spacial score (nSPS) is 11.3. The first-order valence-corrected chi connectivity index (χ1v) is 7.98. The van der Waals surface area contributed by atoms with E-state index in [2.05, 4.69) is 46.7 Å². The Morgan fingerprint density at radius 1 is 1.00 bits per heavy atom. The van der Waals surface area contributed by atoms with E-state index in [1.54, 1.807) is 7.11 Å². The van der Waals surface area contributed by atoms with E-state index in [4.69, 9.17) is 10.5 Å². The zero-order valence-electron chi connectivity index (χ0n) is 13.7. The van der Waals surface area contributed by atoms with Crippen molar-refractivity contribution in [2.75, 3.05) is 20.2 Å². The van der Waals surface area contributed by atoms with Crippen LogP contribution in [0, 0.1) is 0 Å². The molecule has 2 rings (SSSR count). The Kier molecular flexibility index (Phi) is 6.98. The monoisotopic (exact) mass is 311 g/mol. The van der Waals surface area contributed by atoms with Crippen molar-refractivity contribution in [3.05, 3.63) is 65.7 Å². The highest BCUT2D eigenvalue weighted by molar-refractivity contribution is 5.77. The second kappa shape index (κ2) is 9.51. The molecular weight excluding hydrogens is 286 g/mol. The van der Waals surface area contributed by atoms with Gasteiger partial charge in [-0.3, -0.25) is 4.99 Å². The van der Waals surface area contributed by atoms with Crippen molar-refractivity contribution in [2.24, 2.45) is 10.7 Å². The maximum Gasteiger partial charge on any atom is 0.188 e. The Balaban J connectivity index is 1.62. The minimum Gasteiger partial charge on any atom is -0.497 e. The van der Waals surface area contributed by atoms with Crippen LogP contribution in [-0.4, -0.2) is 26.2 Å². The van der Waals surface area contributed by atoms with Crippen LogP contribution in [0.1, 0.15) is 17.5 Å². The molecule has 4 nitrogen and oxygen atoms in total. The van der Waals surface area contributed by atoms with Gasteiger partial charge in [-0.2, -0.15) is 0 Å². The minimum absolute atomic E-state index is 0.520. The van der Waals surface area contributed by atoms with Crippen LogP contribution in [0.3, 0.4) is 0 Å². The van der Waals surface area contributed by atoms with E-state index in [-0.39, 0.29) is 0 Å². The number of benzene rings is 2. The molecule has 2 aromatic rings. The van der Waals surface area contributed by atoms with Crippen LogP contribution in [0.5, 0.6) is 5.75 Å². The lowest BCUT2D eigenvalue weighted by molar-refractivity contribution is 0.414. The fourth-order valence-corrected chi connectivity index (χ4v) is 2.31. The topological polar surface area (TPSA) is 59.6 Å². The lowest BCUT2D eigenvalue weighted by Gasteiger charge is -2.07. The summed E-state index contributed by atoms with van der Waals surface area (Å²) in [6, 6.07) is 18.5. The fourth-order valence-electron chi connectivity index (χ4n) is 2.31. The predicted octanol–water partition coefficient (Wildman–Crippen LogP) is 2.77. The standard InChI is InChI=1S/C19H25N3O/c1-23-18-11-9-17(10-12-18)13-15-22-19(20)21-14-5-8-16-6-3-2-4-7-16/h2-4,6-7,9-12H,5,8,13-15H2,1H3,(H3,20,21,22). The lowest BCUT2D eigenvalue weighted by Crippen LogP contribution is -2.33. The molecule has 122 valence electrons. The average Bonchev–Trinajstić information content (AvgIpc) is 2.60. The third-order valence-electron chi connectivity index (χ3n) is 3.63. The van der Waals surface area contributed by atoms with E-state index >= 15 is 0 Å². The number of nitrogens with one attached hydrogen (secondary N) is 1. The van der Waals surface area contributed by atoms with Crippen molar-refractivity contribution >= 4 is 5.96 Å². The molecule has 0 bridgehead atoms. The van der Waals surface area contributed by atoms with E-state index in [0.29, 0.717) is 5.96 Å². The summed E-state index contributed by atoms with van der Waals surface area (Å²) in [5, 5.41) is 3.15. The van der Waals surface area contributed by atoms with Gasteiger partial charge in [0.25, 0.3) is 0 Å². The summed E-state index contributed by atoms with van der Waals surface area (Å²) in [6.07, 6.45) is 2.94. The molecule has 23 heavy (non-hydrogen) atoms. The Hall–Kier alpha value is -2.49. The molecule has 0 atom stereocenters. The Labute approximate surface area is 138 Å². The zero-order chi connectivity index (χ0) is 16.3. The molecule has 0 aliphatic heterocycles. The van der Waals surface area contributed by atoms with E-state index < -0.39 is 0 Å². The predicted molar refractivity (Wildman–Crippen MR) is 96.0 cm³/mol. The third-order valence-corrected chi connectivity index (χ3v) is 3.63. The molecule has 0 amide bonds. The fraction of sp³-hybridized carbons (Fsp3) is 0.316. The number of ether oxygens (including phenoxy) is 1. The summed E-state index contributed by atoms with van der Waals surface area (Å²) in [6.45, 7) is 1.52. The number of aryl methyl sites for hydroxylation is 1. The van der Waals surface area contributed by atoms with Crippen molar-refractivity contribution < 1.29 is 4.74 Å². The summed E-state index contributed by atoms with van der Waals surface area (Å²) in [5.41, 5.74) is 8.47. The van der Waals surface area contributed by atoms with E-state index in [1.165, 1.54) is 11.1 Å². The maximum absolute atomic E-state index is 5.88. The molecule has 0 spiro atoms. The number of nitrogens with two attached hydrogens (primary N) is 1. The van der Waals surface area contributed by atoms with Gasteiger partial charge in [-0.25, -0.2) is 0 Å². The molecular formula is C19H25N3O. The van der Waals surface area contributed by atoms with Crippen molar-refractivity contribution in [2.45, 2.75) is 19.3 Å². The van der Waals surface area contributed by atoms with Crippen LogP contribution in [0.4, 0.5) is 0 Å². The molecule has 0 unspecified atom stereocenters. The summed E-state index contributed by atoms with van der Waals surface area (Å²) < 4.78 is 5.14. The Bertz CT molecular complexity index is 594. The molecule has 3 N–H and O–H groups in total. The lowest BCUT2D eigenvalue weighted by atomic mass is 10.1. The van der Waals surface area contributed by atoms with Gasteiger partial charge in [0, 0.05) is 13.1 Å². The molecule has 0 aliphatic carbocycles. The minimum atomic E-state index is 0.520. The van der Waals surface area contributed by atoms with Gasteiger partial charge in [0.1, 0.15) is 5.75 Å². The van der Waals surface area contributed by atoms with Crippen LogP contribution in [0.2, 0.25) is 0 Å². The molecule has 0 saturated heterocycles. The molecule has 0 aromatic heterocycles. The van der Waals surface area contributed by atoms with Crippen LogP contribution >= 0.6 is 0 Å². The first-order valence-electron chi connectivity index (χ1n) is 7.98. The van der Waals surface area contributed by atoms with E-state index in [1.807, 2.05) is 18.2 Å². The summed E-state index contributed by atoms with van der Waals surface area (Å²) in [5.74, 6) is 1.40. The molecule has 0 radical (unpaired) electrons. The Morgan fingerprint density at radius 3 is 2.39 bits per heavy atom. The van der Waals surface area contributed by atoms with Crippen molar-refractivity contribution in [3.8, 4) is 5.75 Å².